The molecule has 0 radical (unpaired) electrons. The predicted octanol–water partition coefficient (Wildman–Crippen LogP) is 3.71. The highest BCUT2D eigenvalue weighted by Crippen LogP contribution is 2.09. The van der Waals surface area contributed by atoms with Crippen molar-refractivity contribution < 1.29 is 19.5 Å². The smallest absolute Gasteiger partial charge is 0.242 e. The van der Waals surface area contributed by atoms with Gasteiger partial charge in [-0.15, -0.1) is 0 Å². The number of amidine groups is 1. The van der Waals surface area contributed by atoms with Crippen LogP contribution in [0.25, 0.3) is 0 Å². The number of nitrogens with two attached hydrogens (primary N) is 2. The molecule has 7 N–H and O–H groups in total. The fourth-order valence-corrected chi connectivity index (χ4v) is 3.50. The van der Waals surface area contributed by atoms with E-state index in [1.54, 1.807) is 30.3 Å². The Hall–Kier alpha value is -3.60. The van der Waals surface area contributed by atoms with Crippen LogP contribution in [0.4, 0.5) is 0 Å². The summed E-state index contributed by atoms with van der Waals surface area (Å²) >= 11 is 4.01. The van der Waals surface area contributed by atoms with E-state index >= 15 is 0 Å². The fraction of sp³-hybridized carbons (Fsp3) is 0.387. The minimum atomic E-state index is -0.891. The predicted molar refractivity (Wildman–Crippen MR) is 169 cm³/mol. The molecular weight excluding hydrogens is 538 g/mol. The Morgan fingerprint density at radius 3 is 2.32 bits per heavy atom. The lowest BCUT2D eigenvalue weighted by Crippen LogP contribution is -2.53. The summed E-state index contributed by atoms with van der Waals surface area (Å²) in [5, 5.41) is 17.4. The molecule has 0 aromatic heterocycles. The number of benzene rings is 2. The van der Waals surface area contributed by atoms with E-state index in [0.29, 0.717) is 18.4 Å². The Morgan fingerprint density at radius 1 is 1.10 bits per heavy atom. The molecule has 0 spiro atoms. The molecule has 2 aromatic rings. The van der Waals surface area contributed by atoms with Crippen molar-refractivity contribution in [2.24, 2.45) is 16.6 Å². The number of carbonyl (C=O) groups is 2. The molecule has 10 heteroatoms. The van der Waals surface area contributed by atoms with Crippen LogP contribution in [0.2, 0.25) is 0 Å². The number of nitrogens with one attached hydrogen (secondary N) is 2. The Kier molecular flexibility index (Phi) is 16.8. The van der Waals surface area contributed by atoms with Gasteiger partial charge in [-0.25, -0.2) is 0 Å². The summed E-state index contributed by atoms with van der Waals surface area (Å²) in [4.78, 5) is 25.6. The Balaban J connectivity index is 0.00000106. The second kappa shape index (κ2) is 19.5. The number of ether oxygens (including phenoxy) is 1. The number of allylic oxidation sites excluding steroid dienone is 3. The van der Waals surface area contributed by atoms with Crippen molar-refractivity contribution in [3.8, 4) is 0 Å². The highest BCUT2D eigenvalue weighted by atomic mass is 32.1. The van der Waals surface area contributed by atoms with Gasteiger partial charge >= 0.3 is 0 Å². The average molecular weight is 584 g/mol. The van der Waals surface area contributed by atoms with Gasteiger partial charge in [0.2, 0.25) is 11.8 Å². The molecule has 41 heavy (non-hydrogen) atoms. The second-order valence-electron chi connectivity index (χ2n) is 10.2. The maximum atomic E-state index is 13.0. The number of hydrogen-bond acceptors (Lipinski definition) is 7. The molecule has 0 bridgehead atoms. The summed E-state index contributed by atoms with van der Waals surface area (Å²) in [5.74, 6) is 0.171. The van der Waals surface area contributed by atoms with Gasteiger partial charge in [0.15, 0.2) is 5.84 Å². The van der Waals surface area contributed by atoms with Crippen molar-refractivity contribution in [3.05, 3.63) is 96.1 Å². The summed E-state index contributed by atoms with van der Waals surface area (Å²) < 4.78 is 5.60. The quantitative estimate of drug-likeness (QED) is 0.0498. The maximum Gasteiger partial charge on any atom is 0.242 e. The molecule has 0 aliphatic rings. The van der Waals surface area contributed by atoms with E-state index in [2.05, 4.69) is 35.0 Å². The van der Waals surface area contributed by atoms with Crippen molar-refractivity contribution in [2.45, 2.75) is 64.3 Å². The zero-order valence-electron chi connectivity index (χ0n) is 24.3. The van der Waals surface area contributed by atoms with Crippen LogP contribution < -0.4 is 22.1 Å². The molecule has 224 valence electrons. The molecule has 0 aliphatic heterocycles. The Labute approximate surface area is 249 Å². The minimum absolute atomic E-state index is 0.00560. The van der Waals surface area contributed by atoms with E-state index in [9.17, 15) is 9.59 Å². The third kappa shape index (κ3) is 15.7. The molecule has 0 aliphatic carbocycles. The van der Waals surface area contributed by atoms with E-state index in [4.69, 9.17) is 21.4 Å². The largest absolute Gasteiger partial charge is 0.409 e. The van der Waals surface area contributed by atoms with Crippen molar-refractivity contribution in [1.29, 1.82) is 0 Å². The molecule has 2 aromatic carbocycles. The van der Waals surface area contributed by atoms with Crippen LogP contribution in [0, 0.1) is 0 Å². The first-order chi connectivity index (χ1) is 19.5. The van der Waals surface area contributed by atoms with Crippen LogP contribution in [0.1, 0.15) is 50.3 Å². The van der Waals surface area contributed by atoms with Crippen LogP contribution in [0.5, 0.6) is 0 Å². The van der Waals surface area contributed by atoms with Crippen LogP contribution in [-0.4, -0.2) is 52.9 Å². The first-order valence-corrected chi connectivity index (χ1v) is 14.1. The number of aryl methyl sites for hydroxylation is 1. The molecule has 2 rings (SSSR count). The van der Waals surface area contributed by atoms with Gasteiger partial charge in [-0.3, -0.25) is 9.59 Å². The summed E-state index contributed by atoms with van der Waals surface area (Å²) in [6.07, 6.45) is 7.80. The van der Waals surface area contributed by atoms with Crippen molar-refractivity contribution in [1.82, 2.24) is 10.6 Å². The van der Waals surface area contributed by atoms with E-state index < -0.39 is 23.6 Å². The summed E-state index contributed by atoms with van der Waals surface area (Å²) in [6.45, 7) is 9.47. The van der Waals surface area contributed by atoms with E-state index in [1.165, 1.54) is 0 Å². The molecule has 9 nitrogen and oxygen atoms in total. The first-order valence-electron chi connectivity index (χ1n) is 13.5. The van der Waals surface area contributed by atoms with E-state index in [0.717, 1.165) is 23.3 Å². The molecule has 0 saturated carbocycles. The Bertz CT molecular complexity index is 1120. The van der Waals surface area contributed by atoms with Gasteiger partial charge in [-0.2, -0.15) is 12.6 Å². The second-order valence-corrected chi connectivity index (χ2v) is 10.6. The third-order valence-corrected chi connectivity index (χ3v) is 5.88. The number of carbonyl (C=O) groups excluding carboxylic acids is 2. The maximum absolute atomic E-state index is 13.0. The summed E-state index contributed by atoms with van der Waals surface area (Å²) in [5.41, 5.74) is 13.6. The van der Waals surface area contributed by atoms with Gasteiger partial charge in [-0.05, 0) is 56.9 Å². The number of amides is 2. The number of rotatable bonds is 14. The van der Waals surface area contributed by atoms with Crippen LogP contribution in [0.3, 0.4) is 0 Å². The Morgan fingerprint density at radius 2 is 1.76 bits per heavy atom. The van der Waals surface area contributed by atoms with Crippen molar-refractivity contribution in [2.75, 3.05) is 12.4 Å². The minimum Gasteiger partial charge on any atom is -0.409 e. The highest BCUT2D eigenvalue weighted by molar-refractivity contribution is 7.80. The molecule has 2 atom stereocenters. The molecule has 2 amide bonds. The molecule has 2 unspecified atom stereocenters. The molecule has 0 saturated heterocycles. The van der Waals surface area contributed by atoms with E-state index in [1.807, 2.05) is 63.3 Å². The number of nitrogens with zero attached hydrogens (tertiary/aromatic N) is 1. The lowest BCUT2D eigenvalue weighted by atomic mass is 10.0. The van der Waals surface area contributed by atoms with Gasteiger partial charge in [0.25, 0.3) is 0 Å². The van der Waals surface area contributed by atoms with Crippen LogP contribution in [0.15, 0.2) is 84.6 Å². The van der Waals surface area contributed by atoms with E-state index in [-0.39, 0.29) is 24.9 Å². The van der Waals surface area contributed by atoms with Gasteiger partial charge in [-0.1, -0.05) is 84.6 Å². The van der Waals surface area contributed by atoms with Crippen molar-refractivity contribution in [3.63, 3.8) is 0 Å². The van der Waals surface area contributed by atoms with Gasteiger partial charge in [0.05, 0.1) is 12.2 Å². The third-order valence-electron chi connectivity index (χ3n) is 5.62. The molecule has 0 fully saturated rings. The molecular formula is C31H45N5O4S. The zero-order valence-corrected chi connectivity index (χ0v) is 25.1. The number of thiol groups is 1. The number of hydrogen-bond donors (Lipinski definition) is 6. The normalized spacial score (nSPS) is 13.0. The van der Waals surface area contributed by atoms with Crippen LogP contribution >= 0.6 is 12.6 Å². The summed E-state index contributed by atoms with van der Waals surface area (Å²) in [6, 6.07) is 15.0. The topological polar surface area (TPSA) is 152 Å². The average Bonchev–Trinajstić information content (AvgIpc) is 2.97. The van der Waals surface area contributed by atoms with Crippen LogP contribution in [-0.2, 0) is 27.3 Å². The fourth-order valence-electron chi connectivity index (χ4n) is 3.35. The number of oxime groups is 1. The standard InChI is InChI=1S/C25H35N5O4.C6H10S/c1-25(2,3)34-16-20(26)23(31)29-21(14-11-17-7-5-4-6-8-17)24(32)28-15-18-9-12-19(13-10-18)22(27)30-33;1-2-3-4-5-6-7/h4-10,12-13,20-21,33H,11,14-16,26H2,1-3H3,(H2,27,30)(H,28,32)(H,29,31);2-4,7H,1,5-6H2/b;4-3-. The monoisotopic (exact) mass is 583 g/mol. The molecule has 0 heterocycles. The van der Waals surface area contributed by atoms with Gasteiger partial charge in [0.1, 0.15) is 12.1 Å². The lowest BCUT2D eigenvalue weighted by Gasteiger charge is -2.24. The zero-order chi connectivity index (χ0) is 30.7. The van der Waals surface area contributed by atoms with Gasteiger partial charge in [0, 0.05) is 12.1 Å². The SMILES string of the molecule is C=C/C=C\CCS.CC(C)(C)OCC(N)C(=O)NC(CCc1ccccc1)C(=O)NCc1ccc(/C(N)=N/O)cc1. The van der Waals surface area contributed by atoms with Gasteiger partial charge < -0.3 is 32.0 Å². The lowest BCUT2D eigenvalue weighted by molar-refractivity contribution is -0.131. The first kappa shape index (κ1) is 35.4. The highest BCUT2D eigenvalue weighted by Gasteiger charge is 2.25. The van der Waals surface area contributed by atoms with Crippen molar-refractivity contribution >= 4 is 30.3 Å². The summed E-state index contributed by atoms with van der Waals surface area (Å²) in [7, 11) is 0.